The Balaban J connectivity index is 0.00000576. The Morgan fingerprint density at radius 1 is 1.12 bits per heavy atom. The standard InChI is InChI=1S/C19H40N4O.HI/c1-5-10-19(24,11-6-2)16-22-18(20-8-4)21-14-17-9-13-23(15-17)12-7-3;/h17,24H,5-16H2,1-4H3,(H2,20,21,22);1H. The molecule has 0 saturated carbocycles. The summed E-state index contributed by atoms with van der Waals surface area (Å²) in [5.74, 6) is 1.54. The van der Waals surface area contributed by atoms with Crippen molar-refractivity contribution in [1.82, 2.24) is 15.5 Å². The van der Waals surface area contributed by atoms with Crippen molar-refractivity contribution < 1.29 is 5.11 Å². The highest BCUT2D eigenvalue weighted by Gasteiger charge is 2.25. The summed E-state index contributed by atoms with van der Waals surface area (Å²) in [6.07, 6.45) is 6.12. The Kier molecular flexibility index (Phi) is 14.0. The number of halogens is 1. The Labute approximate surface area is 172 Å². The number of hydrogen-bond donors (Lipinski definition) is 3. The molecule has 0 radical (unpaired) electrons. The second-order valence-electron chi connectivity index (χ2n) is 7.26. The van der Waals surface area contributed by atoms with Crippen LogP contribution in [0, 0.1) is 5.92 Å². The SMILES string of the molecule is CCCN1CCC(CNC(=NCC(O)(CCC)CCC)NCC)C1.I. The summed E-state index contributed by atoms with van der Waals surface area (Å²) in [6.45, 7) is 14.5. The summed E-state index contributed by atoms with van der Waals surface area (Å²) >= 11 is 0. The van der Waals surface area contributed by atoms with E-state index >= 15 is 0 Å². The minimum absolute atomic E-state index is 0. The van der Waals surface area contributed by atoms with Gasteiger partial charge in [0.05, 0.1) is 12.1 Å². The maximum atomic E-state index is 10.7. The van der Waals surface area contributed by atoms with Gasteiger partial charge in [-0.1, -0.05) is 33.6 Å². The molecule has 0 aromatic rings. The fraction of sp³-hybridized carbons (Fsp3) is 0.947. The second-order valence-corrected chi connectivity index (χ2v) is 7.26. The zero-order valence-corrected chi connectivity index (χ0v) is 19.1. The summed E-state index contributed by atoms with van der Waals surface area (Å²) in [7, 11) is 0. The third-order valence-electron chi connectivity index (χ3n) is 4.77. The molecule has 1 fully saturated rings. The molecule has 1 rings (SSSR count). The van der Waals surface area contributed by atoms with E-state index in [0.717, 1.165) is 44.7 Å². The fourth-order valence-electron chi connectivity index (χ4n) is 3.62. The van der Waals surface area contributed by atoms with Gasteiger partial charge >= 0.3 is 0 Å². The molecule has 1 unspecified atom stereocenters. The van der Waals surface area contributed by atoms with Gasteiger partial charge in [-0.05, 0) is 51.6 Å². The van der Waals surface area contributed by atoms with E-state index in [2.05, 4.69) is 48.2 Å². The van der Waals surface area contributed by atoms with Crippen LogP contribution < -0.4 is 10.6 Å². The average molecular weight is 468 g/mol. The average Bonchev–Trinajstić information content (AvgIpc) is 2.99. The number of aliphatic imine (C=N–C) groups is 1. The zero-order valence-electron chi connectivity index (χ0n) is 16.8. The Morgan fingerprint density at radius 3 is 2.36 bits per heavy atom. The van der Waals surface area contributed by atoms with E-state index in [1.54, 1.807) is 0 Å². The highest BCUT2D eigenvalue weighted by atomic mass is 127. The lowest BCUT2D eigenvalue weighted by Gasteiger charge is -2.26. The monoisotopic (exact) mass is 468 g/mol. The smallest absolute Gasteiger partial charge is 0.191 e. The molecule has 1 heterocycles. The first-order chi connectivity index (χ1) is 11.6. The van der Waals surface area contributed by atoms with E-state index in [-0.39, 0.29) is 24.0 Å². The normalized spacial score (nSPS) is 18.9. The minimum Gasteiger partial charge on any atom is -0.388 e. The molecule has 0 aromatic heterocycles. The molecular weight excluding hydrogens is 427 g/mol. The molecule has 150 valence electrons. The summed E-state index contributed by atoms with van der Waals surface area (Å²) in [4.78, 5) is 7.22. The summed E-state index contributed by atoms with van der Waals surface area (Å²) in [5, 5.41) is 17.5. The number of nitrogens with zero attached hydrogens (tertiary/aromatic N) is 2. The van der Waals surface area contributed by atoms with Crippen molar-refractivity contribution in [2.75, 3.05) is 39.3 Å². The van der Waals surface area contributed by atoms with Gasteiger partial charge in [0, 0.05) is 19.6 Å². The van der Waals surface area contributed by atoms with Gasteiger partial charge in [-0.2, -0.15) is 0 Å². The number of hydrogen-bond acceptors (Lipinski definition) is 3. The summed E-state index contributed by atoms with van der Waals surface area (Å²) < 4.78 is 0. The predicted octanol–water partition coefficient (Wildman–Crippen LogP) is 3.22. The Hall–Kier alpha value is -0.0800. The second kappa shape index (κ2) is 14.0. The zero-order chi connectivity index (χ0) is 17.8. The van der Waals surface area contributed by atoms with Crippen LogP contribution in [0.5, 0.6) is 0 Å². The van der Waals surface area contributed by atoms with E-state index in [9.17, 15) is 5.11 Å². The van der Waals surface area contributed by atoms with Crippen molar-refractivity contribution in [2.45, 2.75) is 71.8 Å². The molecule has 0 bridgehead atoms. The lowest BCUT2D eigenvalue weighted by atomic mass is 9.93. The molecule has 6 heteroatoms. The van der Waals surface area contributed by atoms with Crippen LogP contribution in [0.1, 0.15) is 66.2 Å². The maximum absolute atomic E-state index is 10.7. The van der Waals surface area contributed by atoms with Crippen LogP contribution >= 0.6 is 24.0 Å². The van der Waals surface area contributed by atoms with Gasteiger partial charge in [0.25, 0.3) is 0 Å². The Morgan fingerprint density at radius 2 is 1.80 bits per heavy atom. The summed E-state index contributed by atoms with van der Waals surface area (Å²) in [6, 6.07) is 0. The van der Waals surface area contributed by atoms with Crippen molar-refractivity contribution in [2.24, 2.45) is 10.9 Å². The van der Waals surface area contributed by atoms with Crippen LogP contribution in [0.15, 0.2) is 4.99 Å². The minimum atomic E-state index is -0.656. The highest BCUT2D eigenvalue weighted by Crippen LogP contribution is 2.20. The van der Waals surface area contributed by atoms with E-state index < -0.39 is 5.60 Å². The van der Waals surface area contributed by atoms with Gasteiger partial charge in [0.1, 0.15) is 0 Å². The molecule has 3 N–H and O–H groups in total. The van der Waals surface area contributed by atoms with E-state index in [1.165, 1.54) is 32.5 Å². The number of guanidine groups is 1. The van der Waals surface area contributed by atoms with Crippen LogP contribution in [-0.2, 0) is 0 Å². The molecule has 0 spiro atoms. The van der Waals surface area contributed by atoms with Crippen molar-refractivity contribution in [3.63, 3.8) is 0 Å². The predicted molar refractivity (Wildman–Crippen MR) is 119 cm³/mol. The van der Waals surface area contributed by atoms with Crippen LogP contribution in [0.2, 0.25) is 0 Å². The largest absolute Gasteiger partial charge is 0.388 e. The molecule has 5 nitrogen and oxygen atoms in total. The number of likely N-dealkylation sites (tertiary alicyclic amines) is 1. The molecular formula is C19H41IN4O. The van der Waals surface area contributed by atoms with Gasteiger partial charge in [0.2, 0.25) is 0 Å². The first-order valence-corrected chi connectivity index (χ1v) is 10.0. The third-order valence-corrected chi connectivity index (χ3v) is 4.77. The van der Waals surface area contributed by atoms with E-state index in [1.807, 2.05) is 0 Å². The maximum Gasteiger partial charge on any atom is 0.191 e. The van der Waals surface area contributed by atoms with Gasteiger partial charge < -0.3 is 20.6 Å². The molecule has 0 amide bonds. The molecule has 1 aliphatic heterocycles. The van der Waals surface area contributed by atoms with Crippen LogP contribution in [-0.4, -0.2) is 60.8 Å². The summed E-state index contributed by atoms with van der Waals surface area (Å²) in [5.41, 5.74) is -0.656. The van der Waals surface area contributed by atoms with Gasteiger partial charge in [-0.3, -0.25) is 4.99 Å². The first kappa shape index (κ1) is 24.9. The fourth-order valence-corrected chi connectivity index (χ4v) is 3.62. The van der Waals surface area contributed by atoms with Crippen molar-refractivity contribution in [3.8, 4) is 0 Å². The van der Waals surface area contributed by atoms with Crippen molar-refractivity contribution in [1.29, 1.82) is 0 Å². The van der Waals surface area contributed by atoms with Crippen LogP contribution in [0.4, 0.5) is 0 Å². The molecule has 25 heavy (non-hydrogen) atoms. The number of aliphatic hydroxyl groups is 1. The molecule has 1 atom stereocenters. The lowest BCUT2D eigenvalue weighted by Crippen LogP contribution is -2.42. The van der Waals surface area contributed by atoms with Crippen molar-refractivity contribution >= 4 is 29.9 Å². The third kappa shape index (κ3) is 9.99. The van der Waals surface area contributed by atoms with Gasteiger partial charge in [0.15, 0.2) is 5.96 Å². The topological polar surface area (TPSA) is 59.9 Å². The first-order valence-electron chi connectivity index (χ1n) is 10.0. The Bertz CT molecular complexity index is 359. The van der Waals surface area contributed by atoms with Crippen LogP contribution in [0.25, 0.3) is 0 Å². The van der Waals surface area contributed by atoms with E-state index in [0.29, 0.717) is 12.5 Å². The lowest BCUT2D eigenvalue weighted by molar-refractivity contribution is 0.0306. The van der Waals surface area contributed by atoms with Gasteiger partial charge in [-0.25, -0.2) is 0 Å². The van der Waals surface area contributed by atoms with Crippen molar-refractivity contribution in [3.05, 3.63) is 0 Å². The van der Waals surface area contributed by atoms with E-state index in [4.69, 9.17) is 0 Å². The van der Waals surface area contributed by atoms with Gasteiger partial charge in [-0.15, -0.1) is 24.0 Å². The molecule has 1 saturated heterocycles. The molecule has 0 aliphatic carbocycles. The number of rotatable bonds is 11. The van der Waals surface area contributed by atoms with Crippen LogP contribution in [0.3, 0.4) is 0 Å². The number of nitrogens with one attached hydrogen (secondary N) is 2. The molecule has 0 aromatic carbocycles. The molecule has 1 aliphatic rings. The quantitative estimate of drug-likeness (QED) is 0.248. The highest BCUT2D eigenvalue weighted by molar-refractivity contribution is 14.0.